The van der Waals surface area contributed by atoms with Crippen molar-refractivity contribution >= 4 is 17.0 Å². The van der Waals surface area contributed by atoms with Gasteiger partial charge in [0.05, 0.1) is 12.3 Å². The van der Waals surface area contributed by atoms with Gasteiger partial charge in [-0.3, -0.25) is 4.99 Å². The second kappa shape index (κ2) is 5.25. The molecule has 110 valence electrons. The van der Waals surface area contributed by atoms with Crippen molar-refractivity contribution in [2.45, 2.75) is 26.8 Å². The van der Waals surface area contributed by atoms with Gasteiger partial charge in [0.25, 0.3) is 0 Å². The molecule has 3 heteroatoms. The molecule has 0 aliphatic carbocycles. The van der Waals surface area contributed by atoms with Gasteiger partial charge in [-0.25, -0.2) is 0 Å². The first-order valence-corrected chi connectivity index (χ1v) is 8.50. The van der Waals surface area contributed by atoms with E-state index in [0.29, 0.717) is 0 Å². The van der Waals surface area contributed by atoms with E-state index in [2.05, 4.69) is 66.9 Å². The fourth-order valence-electron chi connectivity index (χ4n) is 3.04. The van der Waals surface area contributed by atoms with Crippen LogP contribution in [0.4, 0.5) is 0 Å². The van der Waals surface area contributed by atoms with Gasteiger partial charge in [-0.1, -0.05) is 37.3 Å². The van der Waals surface area contributed by atoms with Gasteiger partial charge in [-0.2, -0.15) is 0 Å². The number of nitrogens with zero attached hydrogens (tertiary/aromatic N) is 2. The Hall–Kier alpha value is -2.13. The van der Waals surface area contributed by atoms with Crippen LogP contribution in [-0.4, -0.2) is 10.3 Å². The molecule has 0 saturated carbocycles. The van der Waals surface area contributed by atoms with Crippen LogP contribution in [0.3, 0.4) is 0 Å². The summed E-state index contributed by atoms with van der Waals surface area (Å²) in [5.74, 6) is 0. The highest BCUT2D eigenvalue weighted by atomic mass is 32.1. The molecule has 0 amide bonds. The molecule has 0 saturated heterocycles. The predicted octanol–water partition coefficient (Wildman–Crippen LogP) is 4.76. The second-order valence-electron chi connectivity index (χ2n) is 5.62. The molecule has 22 heavy (non-hydrogen) atoms. The van der Waals surface area contributed by atoms with Gasteiger partial charge < -0.3 is 4.57 Å². The van der Waals surface area contributed by atoms with Crippen molar-refractivity contribution in [1.29, 1.82) is 0 Å². The van der Waals surface area contributed by atoms with Crippen LogP contribution in [0.2, 0.25) is 0 Å². The zero-order valence-corrected chi connectivity index (χ0v) is 13.7. The summed E-state index contributed by atoms with van der Waals surface area (Å²) in [6.07, 6.45) is 1.06. The summed E-state index contributed by atoms with van der Waals surface area (Å²) in [6.45, 7) is 5.13. The summed E-state index contributed by atoms with van der Waals surface area (Å²) < 4.78 is 2.37. The maximum Gasteiger partial charge on any atom is 0.109 e. The van der Waals surface area contributed by atoms with E-state index in [9.17, 15) is 0 Å². The minimum Gasteiger partial charge on any atom is -0.307 e. The van der Waals surface area contributed by atoms with Crippen LogP contribution in [0.25, 0.3) is 5.00 Å². The van der Waals surface area contributed by atoms with Crippen LogP contribution in [0.15, 0.2) is 53.5 Å². The number of thiophene rings is 1. The highest BCUT2D eigenvalue weighted by molar-refractivity contribution is 7.15. The molecule has 0 spiro atoms. The van der Waals surface area contributed by atoms with Crippen LogP contribution in [0, 0.1) is 6.92 Å². The molecular formula is C19H18N2S. The molecule has 1 aromatic carbocycles. The molecule has 0 atom stereocenters. The fourth-order valence-corrected chi connectivity index (χ4v) is 4.22. The number of aliphatic imine (C=N–C) groups is 1. The number of hydrogen-bond acceptors (Lipinski definition) is 2. The number of hydrogen-bond donors (Lipinski definition) is 0. The average Bonchev–Trinajstić information content (AvgIpc) is 3.09. The Labute approximate surface area is 134 Å². The normalized spacial score (nSPS) is 13.3. The molecule has 1 aliphatic rings. The van der Waals surface area contributed by atoms with E-state index in [-0.39, 0.29) is 0 Å². The number of aromatic nitrogens is 1. The highest BCUT2D eigenvalue weighted by Crippen LogP contribution is 2.34. The number of rotatable bonds is 2. The van der Waals surface area contributed by atoms with E-state index >= 15 is 0 Å². The highest BCUT2D eigenvalue weighted by Gasteiger charge is 2.22. The summed E-state index contributed by atoms with van der Waals surface area (Å²) in [6, 6.07) is 17.2. The third-order valence-electron chi connectivity index (χ3n) is 4.17. The van der Waals surface area contributed by atoms with Crippen molar-refractivity contribution < 1.29 is 0 Å². The molecule has 1 aliphatic heterocycles. The van der Waals surface area contributed by atoms with E-state index in [4.69, 9.17) is 4.99 Å². The van der Waals surface area contributed by atoms with Crippen molar-refractivity contribution in [3.8, 4) is 5.00 Å². The maximum atomic E-state index is 4.94. The Morgan fingerprint density at radius 1 is 1.14 bits per heavy atom. The number of benzene rings is 1. The molecule has 0 radical (unpaired) electrons. The monoisotopic (exact) mass is 306 g/mol. The average molecular weight is 306 g/mol. The summed E-state index contributed by atoms with van der Waals surface area (Å²) in [5, 5.41) is 1.31. The first-order valence-electron chi connectivity index (χ1n) is 7.68. The maximum absolute atomic E-state index is 4.94. The Balaban J connectivity index is 1.98. The lowest BCUT2D eigenvalue weighted by Gasteiger charge is -2.08. The molecule has 0 unspecified atom stereocenters. The number of aryl methyl sites for hydroxylation is 2. The molecular weight excluding hydrogens is 288 g/mol. The Morgan fingerprint density at radius 3 is 2.73 bits per heavy atom. The fraction of sp³-hybridized carbons (Fsp3) is 0.211. The van der Waals surface area contributed by atoms with Crippen LogP contribution in [0.5, 0.6) is 0 Å². The van der Waals surface area contributed by atoms with E-state index in [1.165, 1.54) is 32.4 Å². The lowest BCUT2D eigenvalue weighted by molar-refractivity contribution is 0.910. The summed E-state index contributed by atoms with van der Waals surface area (Å²) in [5.41, 5.74) is 6.15. The standard InChI is InChI=1S/C19H18N2S/c1-3-16-11-17-18(14-7-5-4-6-8-14)20-12-15-10-9-13(2)21(15)19(17)22-16/h4-11H,3,12H2,1-2H3. The SMILES string of the molecule is CCc1cc2c(s1)-n1c(C)ccc1CN=C2c1ccccc1. The summed E-state index contributed by atoms with van der Waals surface area (Å²) in [4.78, 5) is 6.35. The zero-order valence-electron chi connectivity index (χ0n) is 12.8. The molecule has 3 aromatic rings. The minimum atomic E-state index is 0.737. The van der Waals surface area contributed by atoms with Crippen LogP contribution < -0.4 is 0 Å². The van der Waals surface area contributed by atoms with Gasteiger partial charge in [0.15, 0.2) is 0 Å². The molecule has 0 fully saturated rings. The molecule has 2 aromatic heterocycles. The van der Waals surface area contributed by atoms with Crippen LogP contribution in [0.1, 0.15) is 34.3 Å². The van der Waals surface area contributed by atoms with Crippen molar-refractivity contribution in [3.63, 3.8) is 0 Å². The van der Waals surface area contributed by atoms with Crippen LogP contribution >= 0.6 is 11.3 Å². The number of fused-ring (bicyclic) bond motifs is 3. The van der Waals surface area contributed by atoms with Crippen LogP contribution in [-0.2, 0) is 13.0 Å². The largest absolute Gasteiger partial charge is 0.307 e. The lowest BCUT2D eigenvalue weighted by Crippen LogP contribution is -2.04. The molecule has 4 rings (SSSR count). The van der Waals surface area contributed by atoms with Crippen molar-refractivity contribution in [1.82, 2.24) is 4.57 Å². The second-order valence-corrected chi connectivity index (χ2v) is 6.73. The molecule has 2 nitrogen and oxygen atoms in total. The lowest BCUT2D eigenvalue weighted by atomic mass is 10.0. The molecule has 0 N–H and O–H groups in total. The third-order valence-corrected chi connectivity index (χ3v) is 5.44. The van der Waals surface area contributed by atoms with Crippen molar-refractivity contribution in [2.24, 2.45) is 4.99 Å². The third kappa shape index (κ3) is 2.04. The zero-order chi connectivity index (χ0) is 15.1. The summed E-state index contributed by atoms with van der Waals surface area (Å²) in [7, 11) is 0. The van der Waals surface area contributed by atoms with E-state index in [0.717, 1.165) is 18.7 Å². The molecule has 3 heterocycles. The quantitative estimate of drug-likeness (QED) is 0.649. The van der Waals surface area contributed by atoms with Gasteiger partial charge in [-0.15, -0.1) is 11.3 Å². The Morgan fingerprint density at radius 2 is 1.95 bits per heavy atom. The Bertz CT molecular complexity index is 853. The van der Waals surface area contributed by atoms with Gasteiger partial charge in [0.1, 0.15) is 5.00 Å². The minimum absolute atomic E-state index is 0.737. The first kappa shape index (κ1) is 13.5. The van der Waals surface area contributed by atoms with Gasteiger partial charge in [-0.05, 0) is 31.5 Å². The summed E-state index contributed by atoms with van der Waals surface area (Å²) >= 11 is 1.89. The predicted molar refractivity (Wildman–Crippen MR) is 93.5 cm³/mol. The molecule has 0 bridgehead atoms. The van der Waals surface area contributed by atoms with Crippen molar-refractivity contribution in [2.75, 3.05) is 0 Å². The van der Waals surface area contributed by atoms with E-state index in [1.807, 2.05) is 11.3 Å². The van der Waals surface area contributed by atoms with Gasteiger partial charge in [0.2, 0.25) is 0 Å². The van der Waals surface area contributed by atoms with Gasteiger partial charge >= 0.3 is 0 Å². The first-order chi connectivity index (χ1) is 10.8. The topological polar surface area (TPSA) is 17.3 Å². The Kier molecular flexibility index (Phi) is 3.23. The van der Waals surface area contributed by atoms with Crippen molar-refractivity contribution in [3.05, 3.63) is 75.9 Å². The van der Waals surface area contributed by atoms with Gasteiger partial charge in [0, 0.05) is 27.4 Å². The van der Waals surface area contributed by atoms with E-state index < -0.39 is 0 Å². The smallest absolute Gasteiger partial charge is 0.109 e. The van der Waals surface area contributed by atoms with E-state index in [1.54, 1.807) is 0 Å².